The van der Waals surface area contributed by atoms with Crippen molar-refractivity contribution >= 4 is 28.7 Å². The molecule has 114 valence electrons. The molecule has 0 aliphatic carbocycles. The molecule has 0 aliphatic rings. The first-order valence-corrected chi connectivity index (χ1v) is 8.42. The van der Waals surface area contributed by atoms with Gasteiger partial charge >= 0.3 is 0 Å². The number of hydrogen-bond donors (Lipinski definition) is 0. The van der Waals surface area contributed by atoms with Gasteiger partial charge in [-0.1, -0.05) is 26.0 Å². The van der Waals surface area contributed by atoms with Gasteiger partial charge in [0.25, 0.3) is 0 Å². The number of halogens is 1. The van der Waals surface area contributed by atoms with Crippen LogP contribution in [0.25, 0.3) is 0 Å². The Bertz CT molecular complexity index is 367. The number of hydrogen-bond acceptors (Lipinski definition) is 3. The van der Waals surface area contributed by atoms with E-state index < -0.39 is 0 Å². The number of benzene rings is 1. The second-order valence-corrected chi connectivity index (χ2v) is 5.60. The summed E-state index contributed by atoms with van der Waals surface area (Å²) < 4.78 is 5.39. The summed E-state index contributed by atoms with van der Waals surface area (Å²) in [6.07, 6.45) is 3.66. The van der Waals surface area contributed by atoms with E-state index in [4.69, 9.17) is 3.07 Å². The maximum absolute atomic E-state index is 5.39. The summed E-state index contributed by atoms with van der Waals surface area (Å²) in [7, 11) is 2.14. The first kappa shape index (κ1) is 17.6. The first-order chi connectivity index (χ1) is 9.72. The van der Waals surface area contributed by atoms with Gasteiger partial charge in [-0.05, 0) is 51.0 Å². The molecular weight excluding hydrogens is 363 g/mol. The molecule has 0 bridgehead atoms. The third-order valence-corrected chi connectivity index (χ3v) is 3.88. The maximum Gasteiger partial charge on any atom is 0.192 e. The Labute approximate surface area is 138 Å². The fourth-order valence-corrected chi connectivity index (χ4v) is 2.83. The standard InChI is InChI=1S/C16H27IN2O/c1-4-11-19(12-5-2)14-8-13-18(3)15-9-6-7-10-16(15)20-17/h6-7,9-10H,4-5,8,11-14H2,1-3H3. The lowest BCUT2D eigenvalue weighted by molar-refractivity contribution is 0.272. The Morgan fingerprint density at radius 3 is 2.25 bits per heavy atom. The van der Waals surface area contributed by atoms with Gasteiger partial charge in [0.2, 0.25) is 0 Å². The van der Waals surface area contributed by atoms with Crippen molar-refractivity contribution in [2.75, 3.05) is 38.1 Å². The largest absolute Gasteiger partial charge is 0.425 e. The highest BCUT2D eigenvalue weighted by molar-refractivity contribution is 14.1. The van der Waals surface area contributed by atoms with E-state index in [1.54, 1.807) is 0 Å². The van der Waals surface area contributed by atoms with E-state index in [9.17, 15) is 0 Å². The molecule has 1 aromatic rings. The van der Waals surface area contributed by atoms with Crippen LogP contribution >= 0.6 is 23.0 Å². The summed E-state index contributed by atoms with van der Waals surface area (Å²) in [5.74, 6) is 0.939. The van der Waals surface area contributed by atoms with Crippen LogP contribution in [-0.4, -0.2) is 38.1 Å². The molecule has 0 saturated carbocycles. The molecule has 4 heteroatoms. The molecule has 0 fully saturated rings. The molecule has 3 nitrogen and oxygen atoms in total. The first-order valence-electron chi connectivity index (χ1n) is 7.54. The van der Waals surface area contributed by atoms with Crippen LogP contribution in [0.2, 0.25) is 0 Å². The smallest absolute Gasteiger partial charge is 0.192 e. The van der Waals surface area contributed by atoms with Crippen LogP contribution in [0.5, 0.6) is 5.75 Å². The van der Waals surface area contributed by atoms with Crippen LogP contribution < -0.4 is 7.97 Å². The van der Waals surface area contributed by atoms with Crippen molar-refractivity contribution in [1.82, 2.24) is 4.90 Å². The predicted octanol–water partition coefficient (Wildman–Crippen LogP) is 4.36. The minimum absolute atomic E-state index is 0.939. The molecule has 0 N–H and O–H groups in total. The van der Waals surface area contributed by atoms with Crippen molar-refractivity contribution in [1.29, 1.82) is 0 Å². The zero-order valence-corrected chi connectivity index (χ0v) is 15.1. The number of anilines is 1. The van der Waals surface area contributed by atoms with Crippen molar-refractivity contribution in [2.24, 2.45) is 0 Å². The highest BCUT2D eigenvalue weighted by Gasteiger charge is 2.08. The van der Waals surface area contributed by atoms with E-state index in [1.807, 2.05) is 35.1 Å². The second-order valence-electron chi connectivity index (χ2n) is 5.16. The number of rotatable bonds is 10. The second kappa shape index (κ2) is 10.3. The fourth-order valence-electron chi connectivity index (χ4n) is 2.46. The van der Waals surface area contributed by atoms with Gasteiger partial charge in [-0.25, -0.2) is 0 Å². The van der Waals surface area contributed by atoms with Gasteiger partial charge in [0.15, 0.2) is 28.8 Å². The molecule has 0 unspecified atom stereocenters. The van der Waals surface area contributed by atoms with E-state index in [-0.39, 0.29) is 0 Å². The van der Waals surface area contributed by atoms with E-state index in [0.717, 1.165) is 12.3 Å². The van der Waals surface area contributed by atoms with Crippen molar-refractivity contribution in [2.45, 2.75) is 33.1 Å². The molecule has 0 heterocycles. The molecule has 20 heavy (non-hydrogen) atoms. The lowest BCUT2D eigenvalue weighted by Gasteiger charge is -2.24. The molecule has 0 saturated heterocycles. The molecule has 1 rings (SSSR count). The van der Waals surface area contributed by atoms with Crippen molar-refractivity contribution in [3.63, 3.8) is 0 Å². The quantitative estimate of drug-likeness (QED) is 0.552. The molecule has 1 aromatic carbocycles. The van der Waals surface area contributed by atoms with Crippen LogP contribution in [0, 0.1) is 0 Å². The summed E-state index contributed by atoms with van der Waals surface area (Å²) >= 11 is 1.95. The lowest BCUT2D eigenvalue weighted by atomic mass is 10.2. The highest BCUT2D eigenvalue weighted by atomic mass is 127. The molecule has 0 amide bonds. The SMILES string of the molecule is CCCN(CCC)CCCN(C)c1ccccc1OI. The summed E-state index contributed by atoms with van der Waals surface area (Å²) in [5.41, 5.74) is 1.17. The zero-order valence-electron chi connectivity index (χ0n) is 12.9. The minimum Gasteiger partial charge on any atom is -0.425 e. The van der Waals surface area contributed by atoms with Crippen LogP contribution in [0.15, 0.2) is 24.3 Å². The van der Waals surface area contributed by atoms with E-state index in [2.05, 4.69) is 42.8 Å². The fraction of sp³-hybridized carbons (Fsp3) is 0.625. The number of para-hydroxylation sites is 2. The Hall–Kier alpha value is -0.490. The molecule has 0 atom stereocenters. The minimum atomic E-state index is 0.939. The Balaban J connectivity index is 2.44. The molecule has 0 aliphatic heterocycles. The monoisotopic (exact) mass is 390 g/mol. The summed E-state index contributed by atoms with van der Waals surface area (Å²) in [4.78, 5) is 4.85. The van der Waals surface area contributed by atoms with Crippen LogP contribution in [-0.2, 0) is 0 Å². The zero-order chi connectivity index (χ0) is 14.8. The van der Waals surface area contributed by atoms with Gasteiger partial charge in [0.05, 0.1) is 5.69 Å². The lowest BCUT2D eigenvalue weighted by Crippen LogP contribution is -2.29. The van der Waals surface area contributed by atoms with Gasteiger partial charge in [-0.2, -0.15) is 0 Å². The Kier molecular flexibility index (Phi) is 9.02. The summed E-state index contributed by atoms with van der Waals surface area (Å²) in [6.45, 7) is 9.17. The number of nitrogens with zero attached hydrogens (tertiary/aromatic N) is 2. The van der Waals surface area contributed by atoms with E-state index in [0.29, 0.717) is 0 Å². The predicted molar refractivity (Wildman–Crippen MR) is 96.0 cm³/mol. The Morgan fingerprint density at radius 1 is 1.00 bits per heavy atom. The Morgan fingerprint density at radius 2 is 1.65 bits per heavy atom. The average molecular weight is 390 g/mol. The van der Waals surface area contributed by atoms with E-state index in [1.165, 1.54) is 44.6 Å². The molecule has 0 aromatic heterocycles. The third kappa shape index (κ3) is 5.87. The highest BCUT2D eigenvalue weighted by Crippen LogP contribution is 2.28. The summed E-state index contributed by atoms with van der Waals surface area (Å²) in [6, 6.07) is 8.20. The molecule has 0 spiro atoms. The van der Waals surface area contributed by atoms with Crippen molar-refractivity contribution < 1.29 is 3.07 Å². The van der Waals surface area contributed by atoms with Gasteiger partial charge in [-0.3, -0.25) is 0 Å². The van der Waals surface area contributed by atoms with Gasteiger partial charge in [0.1, 0.15) is 0 Å². The van der Waals surface area contributed by atoms with Gasteiger partial charge in [-0.15, -0.1) is 0 Å². The van der Waals surface area contributed by atoms with E-state index >= 15 is 0 Å². The van der Waals surface area contributed by atoms with Crippen molar-refractivity contribution in [3.05, 3.63) is 24.3 Å². The van der Waals surface area contributed by atoms with Gasteiger partial charge < -0.3 is 12.9 Å². The molecular formula is C16H27IN2O. The topological polar surface area (TPSA) is 15.7 Å². The maximum atomic E-state index is 5.39. The van der Waals surface area contributed by atoms with Crippen LogP contribution in [0.1, 0.15) is 33.1 Å². The van der Waals surface area contributed by atoms with Crippen molar-refractivity contribution in [3.8, 4) is 5.75 Å². The third-order valence-electron chi connectivity index (χ3n) is 3.41. The summed E-state index contributed by atoms with van der Waals surface area (Å²) in [5, 5.41) is 0. The normalized spacial score (nSPS) is 10.8. The average Bonchev–Trinajstić information content (AvgIpc) is 2.47. The van der Waals surface area contributed by atoms with Crippen LogP contribution in [0.3, 0.4) is 0 Å². The van der Waals surface area contributed by atoms with Crippen LogP contribution in [0.4, 0.5) is 5.69 Å². The van der Waals surface area contributed by atoms with Gasteiger partial charge in [0, 0.05) is 13.6 Å². The molecule has 0 radical (unpaired) electrons.